The predicted octanol–water partition coefficient (Wildman–Crippen LogP) is 3.22. The molecule has 1 N–H and O–H groups in total. The summed E-state index contributed by atoms with van der Waals surface area (Å²) in [7, 11) is 0. The highest BCUT2D eigenvalue weighted by molar-refractivity contribution is 6.31. The number of rotatable bonds is 3. The van der Waals surface area contributed by atoms with Gasteiger partial charge in [-0.05, 0) is 30.3 Å². The van der Waals surface area contributed by atoms with E-state index in [1.165, 1.54) is 12.1 Å². The quantitative estimate of drug-likeness (QED) is 0.884. The molecule has 1 fully saturated rings. The molecule has 0 aromatic heterocycles. The lowest BCUT2D eigenvalue weighted by Gasteiger charge is -2.16. The number of benzene rings is 2. The second kappa shape index (κ2) is 5.77. The molecule has 1 aliphatic rings. The Morgan fingerprint density at radius 3 is 2.64 bits per heavy atom. The lowest BCUT2D eigenvalue weighted by molar-refractivity contribution is -0.121. The Bertz CT molecular complexity index is 750. The minimum absolute atomic E-state index is 0.0281. The van der Waals surface area contributed by atoms with Crippen molar-refractivity contribution in [3.05, 3.63) is 59.4 Å². The summed E-state index contributed by atoms with van der Waals surface area (Å²) < 4.78 is 13.7. The molecular weight excluding hydrogens is 307 g/mol. The number of anilines is 2. The van der Waals surface area contributed by atoms with Gasteiger partial charge in [0.1, 0.15) is 11.9 Å². The smallest absolute Gasteiger partial charge is 0.256 e. The summed E-state index contributed by atoms with van der Waals surface area (Å²) in [6.07, 6.45) is -0.0281. The highest BCUT2D eigenvalue weighted by Crippen LogP contribution is 2.27. The summed E-state index contributed by atoms with van der Waals surface area (Å²) in [5, 5.41) is 3.22. The first kappa shape index (κ1) is 14.5. The van der Waals surface area contributed by atoms with Crippen molar-refractivity contribution in [2.75, 3.05) is 10.2 Å². The van der Waals surface area contributed by atoms with Crippen molar-refractivity contribution in [1.82, 2.24) is 0 Å². The average molecular weight is 319 g/mol. The number of hydrogen-bond donors (Lipinski definition) is 1. The Hall–Kier alpha value is -2.40. The zero-order valence-corrected chi connectivity index (χ0v) is 12.2. The van der Waals surface area contributed by atoms with Crippen LogP contribution in [-0.2, 0) is 9.59 Å². The topological polar surface area (TPSA) is 49.4 Å². The van der Waals surface area contributed by atoms with E-state index in [0.717, 1.165) is 4.90 Å². The standard InChI is InChI=1S/C16H12ClFN2O2/c17-10-4-3-5-11(8-10)20-15(21)9-14(16(20)22)19-13-7-2-1-6-12(13)18/h1-8,14,19H,9H2/t14-/m0/s1. The van der Waals surface area contributed by atoms with Gasteiger partial charge >= 0.3 is 0 Å². The molecule has 2 aromatic carbocycles. The number of hydrogen-bond acceptors (Lipinski definition) is 3. The van der Waals surface area contributed by atoms with Crippen LogP contribution < -0.4 is 10.2 Å². The van der Waals surface area contributed by atoms with Crippen LogP contribution in [0.15, 0.2) is 48.5 Å². The molecule has 112 valence electrons. The zero-order chi connectivity index (χ0) is 15.7. The van der Waals surface area contributed by atoms with E-state index in [9.17, 15) is 14.0 Å². The summed E-state index contributed by atoms with van der Waals surface area (Å²) in [6, 6.07) is 11.7. The molecule has 2 amide bonds. The highest BCUT2D eigenvalue weighted by atomic mass is 35.5. The minimum atomic E-state index is -0.789. The number of para-hydroxylation sites is 1. The molecule has 1 aliphatic heterocycles. The van der Waals surface area contributed by atoms with Crippen LogP contribution >= 0.6 is 11.6 Å². The largest absolute Gasteiger partial charge is 0.371 e. The summed E-state index contributed by atoms with van der Waals surface area (Å²) in [5.41, 5.74) is 0.613. The molecule has 0 unspecified atom stereocenters. The molecule has 3 rings (SSSR count). The van der Waals surface area contributed by atoms with Crippen LogP contribution in [0.1, 0.15) is 6.42 Å². The Morgan fingerprint density at radius 2 is 1.91 bits per heavy atom. The lowest BCUT2D eigenvalue weighted by atomic mass is 10.2. The van der Waals surface area contributed by atoms with Crippen molar-refractivity contribution in [3.63, 3.8) is 0 Å². The third-order valence-electron chi connectivity index (χ3n) is 3.42. The molecule has 0 radical (unpaired) electrons. The van der Waals surface area contributed by atoms with Crippen molar-refractivity contribution < 1.29 is 14.0 Å². The van der Waals surface area contributed by atoms with E-state index in [2.05, 4.69) is 5.32 Å². The van der Waals surface area contributed by atoms with E-state index in [4.69, 9.17) is 11.6 Å². The first-order valence-electron chi connectivity index (χ1n) is 6.69. The Kier molecular flexibility index (Phi) is 3.81. The molecule has 0 bridgehead atoms. The maximum absolute atomic E-state index is 13.7. The predicted molar refractivity (Wildman–Crippen MR) is 82.4 cm³/mol. The van der Waals surface area contributed by atoms with Gasteiger partial charge in [0.15, 0.2) is 0 Å². The van der Waals surface area contributed by atoms with Gasteiger partial charge in [-0.15, -0.1) is 0 Å². The van der Waals surface area contributed by atoms with Gasteiger partial charge in [-0.25, -0.2) is 9.29 Å². The maximum Gasteiger partial charge on any atom is 0.256 e. The first-order valence-corrected chi connectivity index (χ1v) is 7.07. The van der Waals surface area contributed by atoms with E-state index in [-0.39, 0.29) is 18.0 Å². The molecule has 22 heavy (non-hydrogen) atoms. The van der Waals surface area contributed by atoms with Crippen molar-refractivity contribution in [2.24, 2.45) is 0 Å². The van der Waals surface area contributed by atoms with Gasteiger partial charge in [0, 0.05) is 5.02 Å². The molecule has 1 saturated heterocycles. The van der Waals surface area contributed by atoms with Gasteiger partial charge in [0.2, 0.25) is 5.91 Å². The number of carbonyl (C=O) groups excluding carboxylic acids is 2. The van der Waals surface area contributed by atoms with Crippen LogP contribution in [0.3, 0.4) is 0 Å². The lowest BCUT2D eigenvalue weighted by Crippen LogP contribution is -2.34. The van der Waals surface area contributed by atoms with Crippen molar-refractivity contribution in [2.45, 2.75) is 12.5 Å². The molecular formula is C16H12ClFN2O2. The van der Waals surface area contributed by atoms with E-state index in [1.54, 1.807) is 36.4 Å². The molecule has 0 spiro atoms. The second-order valence-electron chi connectivity index (χ2n) is 4.93. The third kappa shape index (κ3) is 2.67. The molecule has 6 heteroatoms. The molecule has 0 aliphatic carbocycles. The van der Waals surface area contributed by atoms with Gasteiger partial charge in [-0.3, -0.25) is 9.59 Å². The van der Waals surface area contributed by atoms with E-state index in [0.29, 0.717) is 10.7 Å². The van der Waals surface area contributed by atoms with Gasteiger partial charge < -0.3 is 5.32 Å². The van der Waals surface area contributed by atoms with E-state index >= 15 is 0 Å². The number of nitrogens with one attached hydrogen (secondary N) is 1. The normalized spacial score (nSPS) is 17.9. The monoisotopic (exact) mass is 318 g/mol. The molecule has 4 nitrogen and oxygen atoms in total. The maximum atomic E-state index is 13.7. The fraction of sp³-hybridized carbons (Fsp3) is 0.125. The number of amides is 2. The summed E-state index contributed by atoms with van der Waals surface area (Å²) in [4.78, 5) is 25.6. The zero-order valence-electron chi connectivity index (χ0n) is 11.4. The van der Waals surface area contributed by atoms with Crippen LogP contribution in [0.5, 0.6) is 0 Å². The molecule has 1 heterocycles. The van der Waals surface area contributed by atoms with Crippen LogP contribution in [0, 0.1) is 5.82 Å². The van der Waals surface area contributed by atoms with Gasteiger partial charge in [0.25, 0.3) is 5.91 Å². The van der Waals surface area contributed by atoms with E-state index in [1.807, 2.05) is 0 Å². The summed E-state index contributed by atoms with van der Waals surface area (Å²) in [6.45, 7) is 0. The van der Waals surface area contributed by atoms with Gasteiger partial charge in [-0.1, -0.05) is 29.8 Å². The van der Waals surface area contributed by atoms with E-state index < -0.39 is 17.8 Å². The number of halogens is 2. The fourth-order valence-corrected chi connectivity index (χ4v) is 2.58. The SMILES string of the molecule is O=C1C[C@H](Nc2ccccc2F)C(=O)N1c1cccc(Cl)c1. The second-order valence-corrected chi connectivity index (χ2v) is 5.36. The summed E-state index contributed by atoms with van der Waals surface area (Å²) in [5.74, 6) is -1.24. The number of imide groups is 1. The third-order valence-corrected chi connectivity index (χ3v) is 3.65. The molecule has 2 aromatic rings. The first-order chi connectivity index (χ1) is 10.6. The van der Waals surface area contributed by atoms with Crippen molar-refractivity contribution >= 4 is 34.8 Å². The molecule has 1 atom stereocenters. The van der Waals surface area contributed by atoms with Crippen molar-refractivity contribution in [3.8, 4) is 0 Å². The Morgan fingerprint density at radius 1 is 1.14 bits per heavy atom. The van der Waals surface area contributed by atoms with Crippen LogP contribution in [0.2, 0.25) is 5.02 Å². The fourth-order valence-electron chi connectivity index (χ4n) is 2.40. The Balaban J connectivity index is 1.84. The Labute approximate surface area is 131 Å². The van der Waals surface area contributed by atoms with Crippen LogP contribution in [-0.4, -0.2) is 17.9 Å². The summed E-state index contributed by atoms with van der Waals surface area (Å²) >= 11 is 5.89. The van der Waals surface area contributed by atoms with Crippen LogP contribution in [0.4, 0.5) is 15.8 Å². The average Bonchev–Trinajstić information content (AvgIpc) is 2.76. The number of nitrogens with zero attached hydrogens (tertiary/aromatic N) is 1. The minimum Gasteiger partial charge on any atom is -0.371 e. The van der Waals surface area contributed by atoms with Crippen molar-refractivity contribution in [1.29, 1.82) is 0 Å². The molecule has 0 saturated carbocycles. The van der Waals surface area contributed by atoms with Crippen LogP contribution in [0.25, 0.3) is 0 Å². The number of carbonyl (C=O) groups is 2. The highest BCUT2D eigenvalue weighted by Gasteiger charge is 2.39. The van der Waals surface area contributed by atoms with Gasteiger partial charge in [-0.2, -0.15) is 0 Å². The van der Waals surface area contributed by atoms with Gasteiger partial charge in [0.05, 0.1) is 17.8 Å².